The molecule has 1 aliphatic rings. The number of para-hydroxylation sites is 1. The van der Waals surface area contributed by atoms with Crippen molar-refractivity contribution in [1.82, 2.24) is 0 Å². The first kappa shape index (κ1) is 21.1. The zero-order chi connectivity index (χ0) is 20.6. The molecule has 3 rings (SSSR count). The molecule has 4 nitrogen and oxygen atoms in total. The molecule has 2 aromatic rings. The van der Waals surface area contributed by atoms with Gasteiger partial charge in [0.2, 0.25) is 0 Å². The Morgan fingerprint density at radius 3 is 2.52 bits per heavy atom. The van der Waals surface area contributed by atoms with Crippen molar-refractivity contribution in [3.63, 3.8) is 0 Å². The molecular formula is C25H30O4. The summed E-state index contributed by atoms with van der Waals surface area (Å²) in [6.45, 7) is 6.31. The summed E-state index contributed by atoms with van der Waals surface area (Å²) in [4.78, 5) is 12.7. The van der Waals surface area contributed by atoms with E-state index in [1.807, 2.05) is 68.4 Å². The molecule has 0 fully saturated rings. The van der Waals surface area contributed by atoms with Crippen LogP contribution in [0.3, 0.4) is 0 Å². The summed E-state index contributed by atoms with van der Waals surface area (Å²) < 4.78 is 17.5. The van der Waals surface area contributed by atoms with Crippen LogP contribution in [-0.2, 0) is 20.9 Å². The van der Waals surface area contributed by atoms with Gasteiger partial charge in [0.05, 0.1) is 6.10 Å². The van der Waals surface area contributed by atoms with Gasteiger partial charge in [-0.15, -0.1) is 0 Å². The minimum atomic E-state index is -0.546. The Kier molecular flexibility index (Phi) is 7.48. The zero-order valence-corrected chi connectivity index (χ0v) is 17.5. The maximum atomic E-state index is 12.7. The summed E-state index contributed by atoms with van der Waals surface area (Å²) in [5.74, 6) is 1.24. The molecule has 0 amide bonds. The largest absolute Gasteiger partial charge is 0.459 e. The highest BCUT2D eigenvalue weighted by atomic mass is 16.6. The number of hydrogen-bond donors (Lipinski definition) is 0. The Labute approximate surface area is 173 Å². The van der Waals surface area contributed by atoms with Gasteiger partial charge in [0.1, 0.15) is 18.1 Å². The average Bonchev–Trinajstić information content (AvgIpc) is 2.72. The topological polar surface area (TPSA) is 44.8 Å². The molecule has 2 unspecified atom stereocenters. The second kappa shape index (κ2) is 10.3. The molecule has 4 heteroatoms. The number of carbonyl (C=O) groups excluding carboxylic acids is 1. The standard InChI is InChI=1S/C25H30O4/c1-18(2)24(29-22-14-12-19(3)13-15-22)25(26)27-17-20-8-7-11-23(16-20)28-21-9-5-4-6-10-21/h4-12,16,18,22,24H,13-15,17H2,1-3H3. The normalized spacial score (nSPS) is 17.5. The summed E-state index contributed by atoms with van der Waals surface area (Å²) in [6.07, 6.45) is 4.59. The lowest BCUT2D eigenvalue weighted by Crippen LogP contribution is -2.35. The van der Waals surface area contributed by atoms with Gasteiger partial charge in [-0.3, -0.25) is 0 Å². The number of benzene rings is 2. The lowest BCUT2D eigenvalue weighted by molar-refractivity contribution is -0.166. The van der Waals surface area contributed by atoms with Crippen molar-refractivity contribution in [3.8, 4) is 11.5 Å². The number of allylic oxidation sites excluding steroid dienone is 1. The first-order valence-electron chi connectivity index (χ1n) is 10.3. The summed E-state index contributed by atoms with van der Waals surface area (Å²) in [5, 5.41) is 0. The smallest absolute Gasteiger partial charge is 0.335 e. The molecule has 0 heterocycles. The van der Waals surface area contributed by atoms with Crippen molar-refractivity contribution < 1.29 is 19.0 Å². The summed E-state index contributed by atoms with van der Waals surface area (Å²) >= 11 is 0. The van der Waals surface area contributed by atoms with E-state index in [9.17, 15) is 4.79 Å². The van der Waals surface area contributed by atoms with Crippen LogP contribution in [0.1, 0.15) is 45.6 Å². The molecule has 154 valence electrons. The molecule has 0 saturated heterocycles. The number of carbonyl (C=O) groups is 1. The molecule has 0 N–H and O–H groups in total. The van der Waals surface area contributed by atoms with Crippen molar-refractivity contribution >= 4 is 5.97 Å². The lowest BCUT2D eigenvalue weighted by Gasteiger charge is -2.27. The van der Waals surface area contributed by atoms with E-state index < -0.39 is 6.10 Å². The van der Waals surface area contributed by atoms with E-state index in [4.69, 9.17) is 14.2 Å². The van der Waals surface area contributed by atoms with Gasteiger partial charge >= 0.3 is 5.97 Å². The molecule has 2 atom stereocenters. The predicted molar refractivity (Wildman–Crippen MR) is 114 cm³/mol. The fraction of sp³-hybridized carbons (Fsp3) is 0.400. The Morgan fingerprint density at radius 1 is 1.07 bits per heavy atom. The van der Waals surface area contributed by atoms with E-state index in [0.717, 1.165) is 30.6 Å². The van der Waals surface area contributed by atoms with E-state index in [2.05, 4.69) is 13.0 Å². The Balaban J connectivity index is 1.56. The van der Waals surface area contributed by atoms with E-state index >= 15 is 0 Å². The molecule has 2 aromatic carbocycles. The second-order valence-electron chi connectivity index (χ2n) is 7.92. The Bertz CT molecular complexity index is 826. The molecule has 1 aliphatic carbocycles. The van der Waals surface area contributed by atoms with Crippen molar-refractivity contribution in [2.75, 3.05) is 0 Å². The van der Waals surface area contributed by atoms with Gasteiger partial charge in [-0.1, -0.05) is 55.8 Å². The van der Waals surface area contributed by atoms with Crippen LogP contribution in [-0.4, -0.2) is 18.2 Å². The third-order valence-electron chi connectivity index (χ3n) is 5.03. The second-order valence-corrected chi connectivity index (χ2v) is 7.92. The van der Waals surface area contributed by atoms with Crippen molar-refractivity contribution in [2.24, 2.45) is 5.92 Å². The van der Waals surface area contributed by atoms with Crippen LogP contribution in [0.25, 0.3) is 0 Å². The van der Waals surface area contributed by atoms with E-state index in [1.54, 1.807) is 0 Å². The zero-order valence-electron chi connectivity index (χ0n) is 17.5. The fourth-order valence-corrected chi connectivity index (χ4v) is 3.32. The van der Waals surface area contributed by atoms with Gasteiger partial charge < -0.3 is 14.2 Å². The minimum Gasteiger partial charge on any atom is -0.459 e. The number of rotatable bonds is 8. The average molecular weight is 395 g/mol. The molecule has 0 radical (unpaired) electrons. The van der Waals surface area contributed by atoms with Crippen LogP contribution in [0.15, 0.2) is 66.2 Å². The molecule has 0 saturated carbocycles. The van der Waals surface area contributed by atoms with Gasteiger partial charge in [0, 0.05) is 0 Å². The minimum absolute atomic E-state index is 0.0576. The van der Waals surface area contributed by atoms with Crippen LogP contribution >= 0.6 is 0 Å². The van der Waals surface area contributed by atoms with Gasteiger partial charge in [0.25, 0.3) is 0 Å². The maximum Gasteiger partial charge on any atom is 0.335 e. The molecule has 0 aliphatic heterocycles. The monoisotopic (exact) mass is 394 g/mol. The lowest BCUT2D eigenvalue weighted by atomic mass is 9.97. The number of hydrogen-bond acceptors (Lipinski definition) is 4. The first-order valence-corrected chi connectivity index (χ1v) is 10.3. The molecule has 0 bridgehead atoms. The molecular weight excluding hydrogens is 364 g/mol. The third kappa shape index (κ3) is 6.47. The van der Waals surface area contributed by atoms with Gasteiger partial charge in [-0.2, -0.15) is 0 Å². The van der Waals surface area contributed by atoms with Gasteiger partial charge in [-0.25, -0.2) is 4.79 Å². The van der Waals surface area contributed by atoms with Crippen LogP contribution in [0.2, 0.25) is 0 Å². The quantitative estimate of drug-likeness (QED) is 0.403. The third-order valence-corrected chi connectivity index (χ3v) is 5.03. The Morgan fingerprint density at radius 2 is 1.83 bits per heavy atom. The molecule has 0 spiro atoms. The number of ether oxygens (including phenoxy) is 3. The van der Waals surface area contributed by atoms with Crippen LogP contribution in [0.4, 0.5) is 0 Å². The number of esters is 1. The van der Waals surface area contributed by atoms with Crippen LogP contribution in [0.5, 0.6) is 11.5 Å². The van der Waals surface area contributed by atoms with Crippen LogP contribution in [0, 0.1) is 5.92 Å². The van der Waals surface area contributed by atoms with E-state index in [1.165, 1.54) is 5.57 Å². The van der Waals surface area contributed by atoms with Gasteiger partial charge in [0.15, 0.2) is 6.10 Å². The molecule has 0 aromatic heterocycles. The summed E-state index contributed by atoms with van der Waals surface area (Å²) in [5.41, 5.74) is 2.27. The van der Waals surface area contributed by atoms with Gasteiger partial charge in [-0.05, 0) is 61.9 Å². The van der Waals surface area contributed by atoms with Crippen molar-refractivity contribution in [3.05, 3.63) is 71.8 Å². The fourth-order valence-electron chi connectivity index (χ4n) is 3.32. The van der Waals surface area contributed by atoms with E-state index in [0.29, 0.717) is 5.75 Å². The first-order chi connectivity index (χ1) is 14.0. The summed E-state index contributed by atoms with van der Waals surface area (Å²) in [7, 11) is 0. The van der Waals surface area contributed by atoms with E-state index in [-0.39, 0.29) is 24.6 Å². The highest BCUT2D eigenvalue weighted by Gasteiger charge is 2.28. The van der Waals surface area contributed by atoms with Crippen molar-refractivity contribution in [2.45, 2.75) is 58.8 Å². The van der Waals surface area contributed by atoms with Crippen LogP contribution < -0.4 is 4.74 Å². The maximum absolute atomic E-state index is 12.7. The Hall–Kier alpha value is -2.59. The highest BCUT2D eigenvalue weighted by molar-refractivity contribution is 5.75. The summed E-state index contributed by atoms with van der Waals surface area (Å²) in [6, 6.07) is 17.2. The predicted octanol–water partition coefficient (Wildman–Crippen LogP) is 6.06. The molecule has 29 heavy (non-hydrogen) atoms. The van der Waals surface area contributed by atoms with Crippen molar-refractivity contribution in [1.29, 1.82) is 0 Å². The highest BCUT2D eigenvalue weighted by Crippen LogP contribution is 2.25. The SMILES string of the molecule is CC1=CCC(OC(C(=O)OCc2cccc(Oc3ccccc3)c2)C(C)C)CC1.